The number of carbonyl (C=O) groups excluding carboxylic acids is 4. The van der Waals surface area contributed by atoms with Crippen molar-refractivity contribution in [3.8, 4) is 0 Å². The topological polar surface area (TPSA) is 237 Å². The molecule has 97 heavy (non-hydrogen) atoms. The van der Waals surface area contributed by atoms with Gasteiger partial charge in [-0.2, -0.15) is 0 Å². The smallest absolute Gasteiger partial charge is 0.462 e. The van der Waals surface area contributed by atoms with Crippen molar-refractivity contribution in [3.05, 3.63) is 0 Å². The zero-order valence-electron chi connectivity index (χ0n) is 63.4. The summed E-state index contributed by atoms with van der Waals surface area (Å²) < 4.78 is 68.6. The molecule has 0 bridgehead atoms. The van der Waals surface area contributed by atoms with Gasteiger partial charge in [-0.15, -0.1) is 0 Å². The Morgan fingerprint density at radius 3 is 0.701 bits per heavy atom. The van der Waals surface area contributed by atoms with E-state index in [0.717, 1.165) is 102 Å². The lowest BCUT2D eigenvalue weighted by atomic mass is 10.0. The third-order valence-electron chi connectivity index (χ3n) is 18.2. The van der Waals surface area contributed by atoms with Crippen molar-refractivity contribution in [1.82, 2.24) is 0 Å². The van der Waals surface area contributed by atoms with Crippen LogP contribution in [0.1, 0.15) is 408 Å². The van der Waals surface area contributed by atoms with Crippen molar-refractivity contribution < 1.29 is 80.2 Å². The summed E-state index contributed by atoms with van der Waals surface area (Å²) in [6, 6.07) is 0. The highest BCUT2D eigenvalue weighted by Gasteiger charge is 2.30. The fraction of sp³-hybridized carbons (Fsp3) is 0.949. The van der Waals surface area contributed by atoms with Crippen LogP contribution in [-0.2, 0) is 65.4 Å². The minimum Gasteiger partial charge on any atom is -0.462 e. The van der Waals surface area contributed by atoms with Gasteiger partial charge >= 0.3 is 39.5 Å². The third-order valence-corrected chi connectivity index (χ3v) is 20.1. The van der Waals surface area contributed by atoms with Crippen molar-refractivity contribution in [2.45, 2.75) is 426 Å². The van der Waals surface area contributed by atoms with Crippen molar-refractivity contribution in [2.75, 3.05) is 39.6 Å². The molecule has 0 aliphatic carbocycles. The van der Waals surface area contributed by atoms with E-state index in [2.05, 4.69) is 41.5 Å². The number of phosphoric ester groups is 2. The molecular weight excluding hydrogens is 1270 g/mol. The summed E-state index contributed by atoms with van der Waals surface area (Å²) in [4.78, 5) is 72.9. The van der Waals surface area contributed by atoms with Gasteiger partial charge in [0.2, 0.25) is 0 Å². The maximum absolute atomic E-state index is 13.1. The molecule has 0 heterocycles. The number of hydrogen-bond acceptors (Lipinski definition) is 15. The summed E-state index contributed by atoms with van der Waals surface area (Å²) in [6.45, 7) is 9.60. The molecule has 2 unspecified atom stereocenters. The molecule has 0 aliphatic rings. The second-order valence-electron chi connectivity index (χ2n) is 29.1. The Bertz CT molecular complexity index is 1870. The summed E-state index contributed by atoms with van der Waals surface area (Å²) >= 11 is 0. The number of rotatable bonds is 77. The van der Waals surface area contributed by atoms with Crippen LogP contribution in [-0.4, -0.2) is 96.7 Å². The van der Waals surface area contributed by atoms with Crippen LogP contribution in [0.4, 0.5) is 0 Å². The minimum absolute atomic E-state index is 0.108. The van der Waals surface area contributed by atoms with Crippen molar-refractivity contribution in [3.63, 3.8) is 0 Å². The summed E-state index contributed by atoms with van der Waals surface area (Å²) in [7, 11) is -9.92. The first-order valence-electron chi connectivity index (χ1n) is 40.5. The second-order valence-corrected chi connectivity index (χ2v) is 32.0. The van der Waals surface area contributed by atoms with Gasteiger partial charge in [0.25, 0.3) is 0 Å². The molecular formula is C78H152O17P2. The van der Waals surface area contributed by atoms with E-state index in [0.29, 0.717) is 25.7 Å². The Morgan fingerprint density at radius 2 is 0.474 bits per heavy atom. The highest BCUT2D eigenvalue weighted by Crippen LogP contribution is 2.45. The van der Waals surface area contributed by atoms with Gasteiger partial charge in [-0.25, -0.2) is 9.13 Å². The number of aliphatic hydroxyl groups excluding tert-OH is 1. The Hall–Kier alpha value is -1.94. The van der Waals surface area contributed by atoms with Crippen LogP contribution >= 0.6 is 15.6 Å². The Labute approximate surface area is 594 Å². The Kier molecular flexibility index (Phi) is 68.4. The summed E-state index contributed by atoms with van der Waals surface area (Å²) in [5.41, 5.74) is 0. The van der Waals surface area contributed by atoms with E-state index >= 15 is 0 Å². The van der Waals surface area contributed by atoms with Crippen LogP contribution in [0.25, 0.3) is 0 Å². The van der Waals surface area contributed by atoms with Crippen LogP contribution in [0.15, 0.2) is 0 Å². The molecule has 0 radical (unpaired) electrons. The van der Waals surface area contributed by atoms with Crippen molar-refractivity contribution >= 4 is 39.5 Å². The summed E-state index contributed by atoms with van der Waals surface area (Å²) in [5.74, 6) is -0.602. The van der Waals surface area contributed by atoms with Gasteiger partial charge in [0.15, 0.2) is 12.2 Å². The quantitative estimate of drug-likeness (QED) is 0.0222. The van der Waals surface area contributed by atoms with Crippen LogP contribution in [0, 0.1) is 11.8 Å². The van der Waals surface area contributed by atoms with Gasteiger partial charge in [-0.05, 0) is 37.5 Å². The van der Waals surface area contributed by atoms with E-state index < -0.39 is 97.5 Å². The first-order valence-corrected chi connectivity index (χ1v) is 43.5. The number of hydrogen-bond donors (Lipinski definition) is 3. The van der Waals surface area contributed by atoms with Gasteiger partial charge in [0.1, 0.15) is 19.3 Å². The summed E-state index contributed by atoms with van der Waals surface area (Å²) in [5, 5.41) is 10.6. The van der Waals surface area contributed by atoms with Crippen molar-refractivity contribution in [2.24, 2.45) is 11.8 Å². The SMILES string of the molecule is CCCCCCCCCCCCCCCCCCC(=O)O[C@H](COC(=O)CCCCCCCCCCCCCCC(C)C)COP(=O)(O)OC[C@@H](O)COP(=O)(O)OC[C@@H](COC(=O)CCCCCCCCCCC(C)C)OC(=O)CCCCCCCCCCCCCCCCC. The van der Waals surface area contributed by atoms with Crippen LogP contribution in [0.3, 0.4) is 0 Å². The predicted octanol–water partition coefficient (Wildman–Crippen LogP) is 23.1. The lowest BCUT2D eigenvalue weighted by Crippen LogP contribution is -2.30. The largest absolute Gasteiger partial charge is 0.472 e. The summed E-state index contributed by atoms with van der Waals surface area (Å²) in [6.07, 6.45) is 58.2. The van der Waals surface area contributed by atoms with Crippen LogP contribution < -0.4 is 0 Å². The zero-order valence-corrected chi connectivity index (χ0v) is 65.2. The number of aliphatic hydroxyl groups is 1. The molecule has 19 heteroatoms. The fourth-order valence-electron chi connectivity index (χ4n) is 12.0. The highest BCUT2D eigenvalue weighted by atomic mass is 31.2. The first kappa shape index (κ1) is 95.1. The lowest BCUT2D eigenvalue weighted by molar-refractivity contribution is -0.161. The average Bonchev–Trinajstić information content (AvgIpc) is 1.62. The first-order chi connectivity index (χ1) is 46.9. The van der Waals surface area contributed by atoms with Gasteiger partial charge in [-0.3, -0.25) is 37.3 Å². The number of ether oxygens (including phenoxy) is 4. The van der Waals surface area contributed by atoms with Gasteiger partial charge in [-0.1, -0.05) is 356 Å². The molecule has 576 valence electrons. The van der Waals surface area contributed by atoms with Gasteiger partial charge < -0.3 is 33.8 Å². The molecule has 17 nitrogen and oxygen atoms in total. The molecule has 0 fully saturated rings. The molecule has 0 saturated heterocycles. The average molecular weight is 1420 g/mol. The molecule has 0 aromatic heterocycles. The second kappa shape index (κ2) is 69.8. The molecule has 0 aromatic carbocycles. The molecule has 0 saturated carbocycles. The van der Waals surface area contributed by atoms with E-state index in [9.17, 15) is 43.2 Å². The maximum Gasteiger partial charge on any atom is 0.472 e. The number of carbonyl (C=O) groups is 4. The predicted molar refractivity (Wildman–Crippen MR) is 395 cm³/mol. The highest BCUT2D eigenvalue weighted by molar-refractivity contribution is 7.47. The van der Waals surface area contributed by atoms with E-state index in [1.54, 1.807) is 0 Å². The molecule has 0 aliphatic heterocycles. The van der Waals surface area contributed by atoms with Crippen LogP contribution in [0.5, 0.6) is 0 Å². The Balaban J connectivity index is 5.26. The lowest BCUT2D eigenvalue weighted by Gasteiger charge is -2.21. The fourth-order valence-corrected chi connectivity index (χ4v) is 13.6. The standard InChI is InChI=1S/C78H152O17P2/c1-7-9-11-13-15-17-19-21-23-25-27-33-37-45-51-57-63-77(82)94-73(66-88-75(80)60-54-48-42-35-31-29-28-30-34-40-46-52-58-70(3)4)68-92-96(84,85)90-64-72(79)65-91-97(86,87)93-69-74(67-89-76(81)61-55-49-43-39-38-41-47-53-59-71(5)6)95-78(83)62-56-50-44-36-32-26-24-22-20-18-16-14-12-10-8-2/h70-74,79H,7-69H2,1-6H3,(H,84,85)(H,86,87)/t72-,73-,74-/m1/s1. The zero-order chi connectivity index (χ0) is 71.4. The Morgan fingerprint density at radius 1 is 0.278 bits per heavy atom. The molecule has 3 N–H and O–H groups in total. The van der Waals surface area contributed by atoms with E-state index in [4.69, 9.17) is 37.0 Å². The normalized spacial score (nSPS) is 14.0. The number of esters is 4. The van der Waals surface area contributed by atoms with Crippen molar-refractivity contribution in [1.29, 1.82) is 0 Å². The van der Waals surface area contributed by atoms with E-state index in [-0.39, 0.29) is 25.7 Å². The van der Waals surface area contributed by atoms with Gasteiger partial charge in [0.05, 0.1) is 26.4 Å². The monoisotopic (exact) mass is 1420 g/mol. The maximum atomic E-state index is 13.1. The van der Waals surface area contributed by atoms with E-state index in [1.807, 2.05) is 0 Å². The molecule has 5 atom stereocenters. The number of unbranched alkanes of at least 4 members (excludes halogenated alkanes) is 47. The third kappa shape index (κ3) is 72.2. The molecule has 0 amide bonds. The van der Waals surface area contributed by atoms with Crippen LogP contribution in [0.2, 0.25) is 0 Å². The molecule has 0 spiro atoms. The van der Waals surface area contributed by atoms with E-state index in [1.165, 1.54) is 225 Å². The minimum atomic E-state index is -4.96. The number of phosphoric acid groups is 2. The molecule has 0 rings (SSSR count). The molecule has 0 aromatic rings. The van der Waals surface area contributed by atoms with Gasteiger partial charge in [0, 0.05) is 25.7 Å².